The van der Waals surface area contributed by atoms with E-state index < -0.39 is 6.10 Å². The molecule has 0 saturated carbocycles. The lowest BCUT2D eigenvalue weighted by atomic mass is 10.1. The lowest BCUT2D eigenvalue weighted by Crippen LogP contribution is -2.50. The van der Waals surface area contributed by atoms with Gasteiger partial charge in [0.05, 0.1) is 0 Å². The summed E-state index contributed by atoms with van der Waals surface area (Å²) in [5.41, 5.74) is 3.36. The molecule has 0 spiro atoms. The molecule has 1 fully saturated rings. The van der Waals surface area contributed by atoms with Crippen molar-refractivity contribution in [3.63, 3.8) is 0 Å². The number of aliphatic hydroxyl groups excluding tert-OH is 1. The van der Waals surface area contributed by atoms with Crippen molar-refractivity contribution in [1.82, 2.24) is 14.8 Å². The molecule has 1 atom stereocenters. The Bertz CT molecular complexity index is 480. The van der Waals surface area contributed by atoms with Crippen LogP contribution < -0.4 is 0 Å². The highest BCUT2D eigenvalue weighted by Crippen LogP contribution is 2.12. The number of carbonyl (C=O) groups is 1. The maximum atomic E-state index is 11.7. The maximum Gasteiger partial charge on any atom is 0.251 e. The molecule has 0 radical (unpaired) electrons. The number of amides is 1. The van der Waals surface area contributed by atoms with E-state index in [0.29, 0.717) is 13.1 Å². The van der Waals surface area contributed by atoms with Gasteiger partial charge in [-0.2, -0.15) is 0 Å². The highest BCUT2D eigenvalue weighted by atomic mass is 16.3. The van der Waals surface area contributed by atoms with Crippen LogP contribution in [0, 0.1) is 13.8 Å². The molecule has 1 aromatic rings. The molecule has 1 N–H and O–H groups in total. The van der Waals surface area contributed by atoms with Gasteiger partial charge in [0, 0.05) is 44.1 Å². The minimum absolute atomic E-state index is 0.169. The van der Waals surface area contributed by atoms with E-state index in [2.05, 4.69) is 16.0 Å². The Labute approximate surface area is 120 Å². The van der Waals surface area contributed by atoms with Gasteiger partial charge < -0.3 is 10.0 Å². The van der Waals surface area contributed by atoms with Gasteiger partial charge in [-0.3, -0.25) is 14.7 Å². The highest BCUT2D eigenvalue weighted by Gasteiger charge is 2.23. The average molecular weight is 277 g/mol. The molecule has 1 saturated heterocycles. The van der Waals surface area contributed by atoms with Crippen molar-refractivity contribution in [2.24, 2.45) is 0 Å². The van der Waals surface area contributed by atoms with Crippen molar-refractivity contribution in [2.45, 2.75) is 33.4 Å². The molecule has 0 aromatic carbocycles. The molecule has 1 unspecified atom stereocenters. The molecule has 2 heterocycles. The predicted molar refractivity (Wildman–Crippen MR) is 77.2 cm³/mol. The van der Waals surface area contributed by atoms with Gasteiger partial charge in [0.1, 0.15) is 6.10 Å². The number of aliphatic hydroxyl groups is 1. The summed E-state index contributed by atoms with van der Waals surface area (Å²) in [4.78, 5) is 20.2. The molecule has 2 rings (SSSR count). The summed E-state index contributed by atoms with van der Waals surface area (Å²) < 4.78 is 0. The summed E-state index contributed by atoms with van der Waals surface area (Å²) in [5.74, 6) is -0.169. The van der Waals surface area contributed by atoms with Crippen LogP contribution >= 0.6 is 0 Å². The van der Waals surface area contributed by atoms with Crippen LogP contribution in [0.25, 0.3) is 0 Å². The number of hydrogen-bond acceptors (Lipinski definition) is 4. The Morgan fingerprint density at radius 2 is 1.95 bits per heavy atom. The summed E-state index contributed by atoms with van der Waals surface area (Å²) in [6, 6.07) is 4.17. The van der Waals surface area contributed by atoms with Crippen molar-refractivity contribution >= 4 is 5.91 Å². The van der Waals surface area contributed by atoms with Gasteiger partial charge in [0.25, 0.3) is 5.91 Å². The molecule has 110 valence electrons. The van der Waals surface area contributed by atoms with Gasteiger partial charge in [-0.15, -0.1) is 0 Å². The van der Waals surface area contributed by atoms with Gasteiger partial charge >= 0.3 is 0 Å². The number of carbonyl (C=O) groups excluding carboxylic acids is 1. The van der Waals surface area contributed by atoms with E-state index in [4.69, 9.17) is 0 Å². The Morgan fingerprint density at radius 1 is 1.30 bits per heavy atom. The molecule has 5 heteroatoms. The second kappa shape index (κ2) is 6.33. The van der Waals surface area contributed by atoms with E-state index in [9.17, 15) is 9.90 Å². The second-order valence-electron chi connectivity index (χ2n) is 5.47. The molecule has 5 nitrogen and oxygen atoms in total. The Morgan fingerprint density at radius 3 is 2.50 bits per heavy atom. The minimum atomic E-state index is -0.898. The van der Waals surface area contributed by atoms with E-state index >= 15 is 0 Å². The third-order valence-corrected chi connectivity index (χ3v) is 3.77. The summed E-state index contributed by atoms with van der Waals surface area (Å²) >= 11 is 0. The van der Waals surface area contributed by atoms with Crippen LogP contribution in [0.15, 0.2) is 12.1 Å². The van der Waals surface area contributed by atoms with E-state index in [1.807, 2.05) is 19.9 Å². The SMILES string of the molecule is Cc1ccc(CN2CCN(C(=O)C(C)O)CC2)c(C)n1. The fourth-order valence-electron chi connectivity index (χ4n) is 2.51. The lowest BCUT2D eigenvalue weighted by Gasteiger charge is -2.35. The quantitative estimate of drug-likeness (QED) is 0.884. The smallest absolute Gasteiger partial charge is 0.251 e. The minimum Gasteiger partial charge on any atom is -0.384 e. The molecular formula is C15H23N3O2. The topological polar surface area (TPSA) is 56.7 Å². The summed E-state index contributed by atoms with van der Waals surface area (Å²) in [6.45, 7) is 9.47. The third-order valence-electron chi connectivity index (χ3n) is 3.77. The molecule has 20 heavy (non-hydrogen) atoms. The third kappa shape index (κ3) is 3.55. The van der Waals surface area contributed by atoms with E-state index in [-0.39, 0.29) is 5.91 Å². The zero-order chi connectivity index (χ0) is 14.7. The molecule has 1 amide bonds. The van der Waals surface area contributed by atoms with Crippen molar-refractivity contribution in [2.75, 3.05) is 26.2 Å². The Kier molecular flexibility index (Phi) is 4.73. The van der Waals surface area contributed by atoms with Crippen LogP contribution in [-0.2, 0) is 11.3 Å². The predicted octanol–water partition coefficient (Wildman–Crippen LogP) is 0.723. The van der Waals surface area contributed by atoms with Gasteiger partial charge in [0.15, 0.2) is 0 Å². The first-order chi connectivity index (χ1) is 9.47. The molecule has 1 aromatic heterocycles. The number of nitrogens with zero attached hydrogens (tertiary/aromatic N) is 3. The molecule has 1 aliphatic rings. The van der Waals surface area contributed by atoms with E-state index in [1.54, 1.807) is 4.90 Å². The number of pyridine rings is 1. The van der Waals surface area contributed by atoms with Crippen molar-refractivity contribution in [3.05, 3.63) is 29.1 Å². The van der Waals surface area contributed by atoms with Gasteiger partial charge in [-0.05, 0) is 32.4 Å². The summed E-state index contributed by atoms with van der Waals surface area (Å²) in [5, 5.41) is 9.32. The van der Waals surface area contributed by atoms with Gasteiger partial charge in [-0.1, -0.05) is 6.07 Å². The first kappa shape index (κ1) is 14.9. The standard InChI is InChI=1S/C15H23N3O2/c1-11-4-5-14(12(2)16-11)10-17-6-8-18(9-7-17)15(20)13(3)19/h4-5,13,19H,6-10H2,1-3H3. The largest absolute Gasteiger partial charge is 0.384 e. The normalized spacial score (nSPS) is 18.1. The van der Waals surface area contributed by atoms with Crippen LogP contribution in [0.5, 0.6) is 0 Å². The first-order valence-electron chi connectivity index (χ1n) is 7.09. The number of aryl methyl sites for hydroxylation is 2. The maximum absolute atomic E-state index is 11.7. The zero-order valence-corrected chi connectivity index (χ0v) is 12.5. The fourth-order valence-corrected chi connectivity index (χ4v) is 2.51. The van der Waals surface area contributed by atoms with E-state index in [1.165, 1.54) is 12.5 Å². The molecule has 0 bridgehead atoms. The summed E-state index contributed by atoms with van der Waals surface area (Å²) in [7, 11) is 0. The second-order valence-corrected chi connectivity index (χ2v) is 5.47. The fraction of sp³-hybridized carbons (Fsp3) is 0.600. The van der Waals surface area contributed by atoms with Crippen LogP contribution in [0.3, 0.4) is 0 Å². The van der Waals surface area contributed by atoms with Crippen LogP contribution in [-0.4, -0.2) is 58.1 Å². The Hall–Kier alpha value is -1.46. The number of piperazine rings is 1. The van der Waals surface area contributed by atoms with Crippen LogP contribution in [0.4, 0.5) is 0 Å². The zero-order valence-electron chi connectivity index (χ0n) is 12.5. The number of rotatable bonds is 3. The van der Waals surface area contributed by atoms with Crippen molar-refractivity contribution in [3.8, 4) is 0 Å². The first-order valence-corrected chi connectivity index (χ1v) is 7.09. The van der Waals surface area contributed by atoms with E-state index in [0.717, 1.165) is 31.0 Å². The molecular weight excluding hydrogens is 254 g/mol. The van der Waals surface area contributed by atoms with Gasteiger partial charge in [-0.25, -0.2) is 0 Å². The van der Waals surface area contributed by atoms with Crippen LogP contribution in [0.1, 0.15) is 23.9 Å². The van der Waals surface area contributed by atoms with Gasteiger partial charge in [0.2, 0.25) is 0 Å². The molecule has 1 aliphatic heterocycles. The van der Waals surface area contributed by atoms with Crippen molar-refractivity contribution < 1.29 is 9.90 Å². The summed E-state index contributed by atoms with van der Waals surface area (Å²) in [6.07, 6.45) is -0.898. The highest BCUT2D eigenvalue weighted by molar-refractivity contribution is 5.80. The number of aromatic nitrogens is 1. The van der Waals surface area contributed by atoms with Crippen molar-refractivity contribution in [1.29, 1.82) is 0 Å². The number of hydrogen-bond donors (Lipinski definition) is 1. The Balaban J connectivity index is 1.90. The van der Waals surface area contributed by atoms with Crippen LogP contribution in [0.2, 0.25) is 0 Å². The average Bonchev–Trinajstić information content (AvgIpc) is 2.42. The molecule has 0 aliphatic carbocycles. The lowest BCUT2D eigenvalue weighted by molar-refractivity contribution is -0.141. The monoisotopic (exact) mass is 277 g/mol.